The highest BCUT2D eigenvalue weighted by Crippen LogP contribution is 2.23. The Morgan fingerprint density at radius 3 is 2.73 bits per heavy atom. The van der Waals surface area contributed by atoms with E-state index < -0.39 is 11.9 Å². The van der Waals surface area contributed by atoms with Crippen LogP contribution in [-0.4, -0.2) is 19.1 Å². The molecule has 2 rings (SSSR count). The first kappa shape index (κ1) is 16.1. The lowest BCUT2D eigenvalue weighted by Crippen LogP contribution is -2.31. The maximum absolute atomic E-state index is 13.0. The molecule has 0 bridgehead atoms. The molecule has 0 saturated heterocycles. The minimum absolute atomic E-state index is 0.155. The second kappa shape index (κ2) is 7.13. The van der Waals surface area contributed by atoms with Crippen molar-refractivity contribution in [1.82, 2.24) is 0 Å². The van der Waals surface area contributed by atoms with Crippen molar-refractivity contribution in [3.8, 4) is 5.75 Å². The summed E-state index contributed by atoms with van der Waals surface area (Å²) >= 11 is 5.89. The van der Waals surface area contributed by atoms with Crippen molar-refractivity contribution in [2.24, 2.45) is 0 Å². The van der Waals surface area contributed by atoms with Gasteiger partial charge in [-0.05, 0) is 37.3 Å². The van der Waals surface area contributed by atoms with Gasteiger partial charge in [0.2, 0.25) is 5.91 Å². The highest BCUT2D eigenvalue weighted by Gasteiger charge is 2.14. The quantitative estimate of drug-likeness (QED) is 0.877. The molecule has 0 aromatic heterocycles. The third kappa shape index (κ3) is 4.11. The van der Waals surface area contributed by atoms with E-state index in [9.17, 15) is 9.18 Å². The molecule has 4 nitrogen and oxygen atoms in total. The number of ether oxygens (including phenoxy) is 1. The monoisotopic (exact) mass is 322 g/mol. The molecule has 0 spiro atoms. The Morgan fingerprint density at radius 2 is 2.05 bits per heavy atom. The van der Waals surface area contributed by atoms with E-state index in [2.05, 4.69) is 10.6 Å². The predicted molar refractivity (Wildman–Crippen MR) is 86.1 cm³/mol. The van der Waals surface area contributed by atoms with Gasteiger partial charge in [-0.25, -0.2) is 4.39 Å². The summed E-state index contributed by atoms with van der Waals surface area (Å²) in [5, 5.41) is 5.87. The van der Waals surface area contributed by atoms with Crippen LogP contribution in [0.15, 0.2) is 42.5 Å². The molecule has 2 N–H and O–H groups in total. The minimum atomic E-state index is -0.506. The second-order valence-corrected chi connectivity index (χ2v) is 5.12. The van der Waals surface area contributed by atoms with Crippen molar-refractivity contribution in [1.29, 1.82) is 0 Å². The van der Waals surface area contributed by atoms with Crippen LogP contribution in [-0.2, 0) is 4.79 Å². The third-order valence-electron chi connectivity index (χ3n) is 3.04. The first-order chi connectivity index (χ1) is 10.5. The van der Waals surface area contributed by atoms with Crippen molar-refractivity contribution in [3.63, 3.8) is 0 Å². The van der Waals surface area contributed by atoms with E-state index >= 15 is 0 Å². The van der Waals surface area contributed by atoms with Crippen molar-refractivity contribution in [2.75, 3.05) is 17.7 Å². The summed E-state index contributed by atoms with van der Waals surface area (Å²) in [5.41, 5.74) is 1.12. The lowest BCUT2D eigenvalue weighted by Gasteiger charge is -2.16. The van der Waals surface area contributed by atoms with Gasteiger partial charge in [0.05, 0.1) is 17.8 Å². The summed E-state index contributed by atoms with van der Waals surface area (Å²) in [7, 11) is 1.58. The maximum atomic E-state index is 13.0. The number of benzene rings is 2. The van der Waals surface area contributed by atoms with Crippen molar-refractivity contribution < 1.29 is 13.9 Å². The summed E-state index contributed by atoms with van der Waals surface area (Å²) in [6.45, 7) is 1.71. The number of halogens is 2. The Balaban J connectivity index is 2.02. The first-order valence-corrected chi connectivity index (χ1v) is 7.04. The zero-order chi connectivity index (χ0) is 16.1. The van der Waals surface area contributed by atoms with Gasteiger partial charge in [-0.2, -0.15) is 0 Å². The fourth-order valence-electron chi connectivity index (χ4n) is 1.86. The standard InChI is InChI=1S/C16H16ClFN2O2/c1-10(19-12-4-3-5-13(9-12)22-2)16(21)20-15-7-6-11(18)8-14(15)17/h3-10,19H,1-2H3,(H,20,21)/t10-/m1/s1. The molecule has 1 amide bonds. The molecule has 0 unspecified atom stereocenters. The van der Waals surface area contributed by atoms with E-state index in [1.807, 2.05) is 18.2 Å². The number of amides is 1. The van der Waals surface area contributed by atoms with Crippen LogP contribution < -0.4 is 15.4 Å². The summed E-state index contributed by atoms with van der Waals surface area (Å²) in [4.78, 5) is 12.2. The van der Waals surface area contributed by atoms with E-state index in [4.69, 9.17) is 16.3 Å². The summed E-state index contributed by atoms with van der Waals surface area (Å²) < 4.78 is 18.1. The summed E-state index contributed by atoms with van der Waals surface area (Å²) in [6, 6.07) is 10.6. The van der Waals surface area contributed by atoms with Crippen LogP contribution in [0.5, 0.6) is 5.75 Å². The number of rotatable bonds is 5. The molecular weight excluding hydrogens is 307 g/mol. The van der Waals surface area contributed by atoms with Gasteiger partial charge in [0.15, 0.2) is 0 Å². The van der Waals surface area contributed by atoms with Crippen molar-refractivity contribution in [3.05, 3.63) is 53.3 Å². The number of anilines is 2. The fraction of sp³-hybridized carbons (Fsp3) is 0.188. The number of hydrogen-bond donors (Lipinski definition) is 2. The van der Waals surface area contributed by atoms with Crippen LogP contribution in [0.1, 0.15) is 6.92 Å². The molecule has 0 aliphatic rings. The molecule has 0 radical (unpaired) electrons. The third-order valence-corrected chi connectivity index (χ3v) is 3.35. The number of carbonyl (C=O) groups is 1. The van der Waals surface area contributed by atoms with E-state index in [1.165, 1.54) is 12.1 Å². The Bertz CT molecular complexity index is 679. The largest absolute Gasteiger partial charge is 0.497 e. The zero-order valence-corrected chi connectivity index (χ0v) is 12.9. The van der Waals surface area contributed by atoms with Crippen LogP contribution in [0, 0.1) is 5.82 Å². The lowest BCUT2D eigenvalue weighted by molar-refractivity contribution is -0.116. The van der Waals surface area contributed by atoms with Crippen LogP contribution in [0.4, 0.5) is 15.8 Å². The van der Waals surface area contributed by atoms with Gasteiger partial charge in [0.25, 0.3) is 0 Å². The molecule has 2 aromatic rings. The highest BCUT2D eigenvalue weighted by atomic mass is 35.5. The van der Waals surface area contributed by atoms with E-state index in [0.29, 0.717) is 11.4 Å². The molecule has 0 fully saturated rings. The summed E-state index contributed by atoms with van der Waals surface area (Å²) in [6.07, 6.45) is 0. The molecule has 1 atom stereocenters. The molecule has 116 valence electrons. The van der Waals surface area contributed by atoms with Crippen molar-refractivity contribution in [2.45, 2.75) is 13.0 Å². The topological polar surface area (TPSA) is 50.4 Å². The van der Waals surface area contributed by atoms with Gasteiger partial charge in [-0.15, -0.1) is 0 Å². The molecule has 0 aliphatic carbocycles. The molecule has 0 saturated carbocycles. The Labute approximate surface area is 133 Å². The normalized spacial score (nSPS) is 11.6. The van der Waals surface area contributed by atoms with E-state index in [0.717, 1.165) is 11.8 Å². The zero-order valence-electron chi connectivity index (χ0n) is 12.2. The van der Waals surface area contributed by atoms with Gasteiger partial charge in [-0.1, -0.05) is 17.7 Å². The van der Waals surface area contributed by atoms with Crippen LogP contribution in [0.2, 0.25) is 5.02 Å². The molecule has 6 heteroatoms. The van der Waals surface area contributed by atoms with Gasteiger partial charge >= 0.3 is 0 Å². The minimum Gasteiger partial charge on any atom is -0.497 e. The van der Waals surface area contributed by atoms with Crippen molar-refractivity contribution >= 4 is 28.9 Å². The van der Waals surface area contributed by atoms with Gasteiger partial charge in [0.1, 0.15) is 17.6 Å². The molecule has 22 heavy (non-hydrogen) atoms. The second-order valence-electron chi connectivity index (χ2n) is 4.71. The van der Waals surface area contributed by atoms with E-state index in [-0.39, 0.29) is 10.9 Å². The molecule has 2 aromatic carbocycles. The van der Waals surface area contributed by atoms with E-state index in [1.54, 1.807) is 20.1 Å². The van der Waals surface area contributed by atoms with Crippen LogP contribution in [0.25, 0.3) is 0 Å². The Morgan fingerprint density at radius 1 is 1.27 bits per heavy atom. The SMILES string of the molecule is COc1cccc(N[C@H](C)C(=O)Nc2ccc(F)cc2Cl)c1. The Hall–Kier alpha value is -2.27. The average Bonchev–Trinajstić information content (AvgIpc) is 2.50. The van der Waals surface area contributed by atoms with Gasteiger partial charge in [-0.3, -0.25) is 4.79 Å². The van der Waals surface area contributed by atoms with Crippen LogP contribution in [0.3, 0.4) is 0 Å². The van der Waals surface area contributed by atoms with Gasteiger partial charge in [0, 0.05) is 11.8 Å². The number of hydrogen-bond acceptors (Lipinski definition) is 3. The lowest BCUT2D eigenvalue weighted by atomic mass is 10.2. The molecule has 0 heterocycles. The predicted octanol–water partition coefficient (Wildman–Crippen LogP) is 3.93. The molecular formula is C16H16ClFN2O2. The Kier molecular flexibility index (Phi) is 5.22. The summed E-state index contributed by atoms with van der Waals surface area (Å²) in [5.74, 6) is -0.0407. The number of methoxy groups -OCH3 is 1. The first-order valence-electron chi connectivity index (χ1n) is 6.66. The number of nitrogens with one attached hydrogen (secondary N) is 2. The smallest absolute Gasteiger partial charge is 0.246 e. The van der Waals surface area contributed by atoms with Gasteiger partial charge < -0.3 is 15.4 Å². The number of carbonyl (C=O) groups excluding carboxylic acids is 1. The highest BCUT2D eigenvalue weighted by molar-refractivity contribution is 6.33. The average molecular weight is 323 g/mol. The van der Waals surface area contributed by atoms with Crippen LogP contribution >= 0.6 is 11.6 Å². The molecule has 0 aliphatic heterocycles. The fourth-order valence-corrected chi connectivity index (χ4v) is 2.07. The maximum Gasteiger partial charge on any atom is 0.246 e.